The van der Waals surface area contributed by atoms with E-state index >= 15 is 0 Å². The summed E-state index contributed by atoms with van der Waals surface area (Å²) in [5, 5.41) is 2.74. The minimum absolute atomic E-state index is 0.0246. The Labute approximate surface area is 143 Å². The first-order valence-corrected chi connectivity index (χ1v) is 7.77. The summed E-state index contributed by atoms with van der Waals surface area (Å²) in [5.74, 6) is -1.28. The highest BCUT2D eigenvalue weighted by Crippen LogP contribution is 2.23. The van der Waals surface area contributed by atoms with Crippen molar-refractivity contribution in [3.63, 3.8) is 0 Å². The van der Waals surface area contributed by atoms with E-state index in [2.05, 4.69) is 16.2 Å². The quantitative estimate of drug-likeness (QED) is 0.743. The molecule has 0 saturated heterocycles. The van der Waals surface area contributed by atoms with Gasteiger partial charge >= 0.3 is 0 Å². The van der Waals surface area contributed by atoms with Gasteiger partial charge in [-0.05, 0) is 47.9 Å². The van der Waals surface area contributed by atoms with Gasteiger partial charge in [0.25, 0.3) is 5.91 Å². The summed E-state index contributed by atoms with van der Waals surface area (Å²) in [6.45, 7) is 0. The number of benzene rings is 2. The lowest BCUT2D eigenvalue weighted by atomic mass is 10.0. The zero-order chi connectivity index (χ0) is 17.8. The molecule has 2 aromatic rings. The van der Waals surface area contributed by atoms with Gasteiger partial charge in [0.05, 0.1) is 6.42 Å². The van der Waals surface area contributed by atoms with Crippen LogP contribution in [0.2, 0.25) is 0 Å². The number of hydrogen-bond donors (Lipinski definition) is 3. The highest BCUT2D eigenvalue weighted by molar-refractivity contribution is 5.98. The van der Waals surface area contributed by atoms with Gasteiger partial charge < -0.3 is 5.32 Å². The molecule has 0 fully saturated rings. The molecule has 3 rings (SSSR count). The van der Waals surface area contributed by atoms with Gasteiger partial charge in [0.2, 0.25) is 11.8 Å². The fraction of sp³-hybridized carbons (Fsp3) is 0.167. The van der Waals surface area contributed by atoms with Gasteiger partial charge in [-0.1, -0.05) is 12.1 Å². The highest BCUT2D eigenvalue weighted by Gasteiger charge is 2.17. The van der Waals surface area contributed by atoms with Crippen molar-refractivity contribution in [2.45, 2.75) is 19.3 Å². The molecule has 3 amide bonds. The van der Waals surface area contributed by atoms with Crippen LogP contribution in [0.5, 0.6) is 0 Å². The Kier molecular flexibility index (Phi) is 4.74. The summed E-state index contributed by atoms with van der Waals surface area (Å²) < 4.78 is 12.8. The average Bonchev–Trinajstić information content (AvgIpc) is 2.61. The summed E-state index contributed by atoms with van der Waals surface area (Å²) in [7, 11) is 0. The Morgan fingerprint density at radius 1 is 1.04 bits per heavy atom. The second-order valence-corrected chi connectivity index (χ2v) is 5.73. The van der Waals surface area contributed by atoms with Crippen molar-refractivity contribution in [1.82, 2.24) is 10.9 Å². The van der Waals surface area contributed by atoms with Gasteiger partial charge in [0, 0.05) is 17.7 Å². The normalized spacial score (nSPS) is 12.8. The molecule has 0 spiro atoms. The third kappa shape index (κ3) is 4.20. The van der Waals surface area contributed by atoms with E-state index in [0.29, 0.717) is 29.7 Å². The summed E-state index contributed by atoms with van der Waals surface area (Å²) in [4.78, 5) is 35.3. The summed E-state index contributed by atoms with van der Waals surface area (Å²) in [6, 6.07) is 10.5. The van der Waals surface area contributed by atoms with Gasteiger partial charge in [-0.15, -0.1) is 0 Å². The van der Waals surface area contributed by atoms with Gasteiger partial charge in [-0.2, -0.15) is 0 Å². The van der Waals surface area contributed by atoms with Crippen LogP contribution in [0.15, 0.2) is 42.5 Å². The smallest absolute Gasteiger partial charge is 0.269 e. The maximum atomic E-state index is 12.8. The minimum Gasteiger partial charge on any atom is -0.326 e. The van der Waals surface area contributed by atoms with Crippen molar-refractivity contribution in [1.29, 1.82) is 0 Å². The number of aryl methyl sites for hydroxylation is 1. The fourth-order valence-corrected chi connectivity index (χ4v) is 2.56. The number of anilines is 1. The van der Waals surface area contributed by atoms with Crippen LogP contribution < -0.4 is 16.2 Å². The Hall–Kier alpha value is -3.22. The Morgan fingerprint density at radius 2 is 1.80 bits per heavy atom. The molecule has 0 bridgehead atoms. The molecule has 0 saturated carbocycles. The van der Waals surface area contributed by atoms with E-state index in [4.69, 9.17) is 0 Å². The summed E-state index contributed by atoms with van der Waals surface area (Å²) >= 11 is 0. The molecule has 0 aliphatic carbocycles. The summed E-state index contributed by atoms with van der Waals surface area (Å²) in [5.41, 5.74) is 7.28. The Balaban J connectivity index is 1.56. The number of fused-ring (bicyclic) bond motifs is 1. The standard InChI is InChI=1S/C18H16FN3O3/c19-14-5-1-11(2-6-14)9-17(24)21-22-18(25)13-3-7-15-12(10-13)4-8-16(23)20-15/h1-3,5-7,10H,4,8-9H2,(H,20,23)(H,21,24)(H,22,25). The van der Waals surface area contributed by atoms with Crippen LogP contribution in [0.4, 0.5) is 10.1 Å². The third-order valence-electron chi connectivity index (χ3n) is 3.86. The molecule has 3 N–H and O–H groups in total. The van der Waals surface area contributed by atoms with Crippen molar-refractivity contribution in [2.24, 2.45) is 0 Å². The van der Waals surface area contributed by atoms with Crippen LogP contribution in [-0.4, -0.2) is 17.7 Å². The van der Waals surface area contributed by atoms with Crippen LogP contribution in [-0.2, 0) is 22.4 Å². The topological polar surface area (TPSA) is 87.3 Å². The van der Waals surface area contributed by atoms with Crippen molar-refractivity contribution in [2.75, 3.05) is 5.32 Å². The first kappa shape index (κ1) is 16.6. The van der Waals surface area contributed by atoms with Crippen LogP contribution in [0, 0.1) is 5.82 Å². The molecule has 128 valence electrons. The molecule has 1 aliphatic rings. The maximum Gasteiger partial charge on any atom is 0.269 e. The minimum atomic E-state index is -0.452. The van der Waals surface area contributed by atoms with E-state index in [1.165, 1.54) is 24.3 Å². The first-order chi connectivity index (χ1) is 12.0. The largest absolute Gasteiger partial charge is 0.326 e. The average molecular weight is 341 g/mol. The number of carbonyl (C=O) groups is 3. The highest BCUT2D eigenvalue weighted by atomic mass is 19.1. The predicted molar refractivity (Wildman–Crippen MR) is 89.1 cm³/mol. The number of rotatable bonds is 3. The van der Waals surface area contributed by atoms with E-state index in [-0.39, 0.29) is 18.1 Å². The van der Waals surface area contributed by atoms with E-state index in [1.54, 1.807) is 18.2 Å². The van der Waals surface area contributed by atoms with Gasteiger partial charge in [0.1, 0.15) is 5.82 Å². The first-order valence-electron chi connectivity index (χ1n) is 7.77. The SMILES string of the molecule is O=C(Cc1ccc(F)cc1)NNC(=O)c1ccc2c(c1)CCC(=O)N2. The molecule has 25 heavy (non-hydrogen) atoms. The molecule has 2 aromatic carbocycles. The molecule has 6 nitrogen and oxygen atoms in total. The molecule has 7 heteroatoms. The number of halogens is 1. The zero-order valence-corrected chi connectivity index (χ0v) is 13.3. The summed E-state index contributed by atoms with van der Waals surface area (Å²) in [6.07, 6.45) is 0.975. The van der Waals surface area contributed by atoms with E-state index < -0.39 is 11.8 Å². The lowest BCUT2D eigenvalue weighted by molar-refractivity contribution is -0.121. The Bertz CT molecular complexity index is 834. The number of hydrogen-bond acceptors (Lipinski definition) is 3. The Morgan fingerprint density at radius 3 is 2.56 bits per heavy atom. The lowest BCUT2D eigenvalue weighted by Gasteiger charge is -2.17. The fourth-order valence-electron chi connectivity index (χ4n) is 2.56. The molecule has 0 radical (unpaired) electrons. The maximum absolute atomic E-state index is 12.8. The second-order valence-electron chi connectivity index (χ2n) is 5.73. The van der Waals surface area contributed by atoms with Crippen molar-refractivity contribution in [3.8, 4) is 0 Å². The van der Waals surface area contributed by atoms with Crippen LogP contribution in [0.3, 0.4) is 0 Å². The van der Waals surface area contributed by atoms with Crippen LogP contribution >= 0.6 is 0 Å². The van der Waals surface area contributed by atoms with Crippen LogP contribution in [0.1, 0.15) is 27.9 Å². The monoisotopic (exact) mass is 341 g/mol. The molecule has 0 aromatic heterocycles. The molecule has 0 unspecified atom stereocenters. The lowest BCUT2D eigenvalue weighted by Crippen LogP contribution is -2.42. The van der Waals surface area contributed by atoms with Gasteiger partial charge in [-0.3, -0.25) is 25.2 Å². The second kappa shape index (κ2) is 7.12. The van der Waals surface area contributed by atoms with E-state index in [9.17, 15) is 18.8 Å². The van der Waals surface area contributed by atoms with Gasteiger partial charge in [0.15, 0.2) is 0 Å². The molecular formula is C18H16FN3O3. The third-order valence-corrected chi connectivity index (χ3v) is 3.86. The molecule has 1 heterocycles. The van der Waals surface area contributed by atoms with E-state index in [0.717, 1.165) is 5.56 Å². The van der Waals surface area contributed by atoms with E-state index in [1.807, 2.05) is 0 Å². The van der Waals surface area contributed by atoms with Crippen molar-refractivity contribution >= 4 is 23.4 Å². The number of carbonyl (C=O) groups excluding carboxylic acids is 3. The number of nitrogens with one attached hydrogen (secondary N) is 3. The molecule has 1 aliphatic heterocycles. The molecule has 0 atom stereocenters. The number of hydrazine groups is 1. The predicted octanol–water partition coefficient (Wildman–Crippen LogP) is 1.71. The van der Waals surface area contributed by atoms with Crippen molar-refractivity contribution in [3.05, 3.63) is 65.0 Å². The zero-order valence-electron chi connectivity index (χ0n) is 13.3. The molecular weight excluding hydrogens is 325 g/mol. The number of amides is 3. The van der Waals surface area contributed by atoms with Gasteiger partial charge in [-0.25, -0.2) is 4.39 Å². The van der Waals surface area contributed by atoms with Crippen LogP contribution in [0.25, 0.3) is 0 Å². The van der Waals surface area contributed by atoms with Crippen molar-refractivity contribution < 1.29 is 18.8 Å².